The highest BCUT2D eigenvalue weighted by Gasteiger charge is 2.45. The summed E-state index contributed by atoms with van der Waals surface area (Å²) in [5, 5.41) is 14.6. The Morgan fingerprint density at radius 2 is 1.51 bits per heavy atom. The van der Waals surface area contributed by atoms with Gasteiger partial charge in [-0.05, 0) is 69.7 Å². The number of ether oxygens (including phenoxy) is 1. The van der Waals surface area contributed by atoms with Gasteiger partial charge in [-0.3, -0.25) is 9.59 Å². The standard InChI is InChI=1S/C28H36N2O5/c1-18(11-10-16-24(31)32)29-25(33)27(2,3)28(4,5)30-26(34)35-17-23-21-14-8-6-12-19(21)20-13-7-9-15-22(20)23/h6-9,12-15,18,23H,10-11,16-17H2,1-5H3,(H,29,33)(H,30,34)(H,31,32). The number of aliphatic carboxylic acids is 1. The minimum absolute atomic E-state index is 0.0424. The van der Waals surface area contributed by atoms with Crippen LogP contribution in [-0.2, 0) is 14.3 Å². The van der Waals surface area contributed by atoms with Crippen molar-refractivity contribution in [2.24, 2.45) is 5.41 Å². The molecule has 0 spiro atoms. The molecule has 188 valence electrons. The first kappa shape index (κ1) is 26.3. The minimum Gasteiger partial charge on any atom is -0.481 e. The van der Waals surface area contributed by atoms with Gasteiger partial charge in [0, 0.05) is 18.4 Å². The van der Waals surface area contributed by atoms with Crippen molar-refractivity contribution in [1.29, 1.82) is 0 Å². The van der Waals surface area contributed by atoms with E-state index in [0.717, 1.165) is 22.3 Å². The third kappa shape index (κ3) is 5.84. The highest BCUT2D eigenvalue weighted by atomic mass is 16.5. The lowest BCUT2D eigenvalue weighted by atomic mass is 9.73. The lowest BCUT2D eigenvalue weighted by molar-refractivity contribution is -0.137. The zero-order valence-electron chi connectivity index (χ0n) is 21.2. The Kier molecular flexibility index (Phi) is 7.88. The molecule has 7 heteroatoms. The quantitative estimate of drug-likeness (QED) is 0.439. The van der Waals surface area contributed by atoms with E-state index in [1.165, 1.54) is 0 Å². The summed E-state index contributed by atoms with van der Waals surface area (Å²) in [6.45, 7) is 9.18. The molecule has 0 heterocycles. The van der Waals surface area contributed by atoms with E-state index in [9.17, 15) is 14.4 Å². The van der Waals surface area contributed by atoms with Crippen molar-refractivity contribution in [3.8, 4) is 11.1 Å². The Morgan fingerprint density at radius 3 is 2.06 bits per heavy atom. The van der Waals surface area contributed by atoms with Crippen LogP contribution in [0.4, 0.5) is 4.79 Å². The van der Waals surface area contributed by atoms with Crippen LogP contribution in [0.5, 0.6) is 0 Å². The molecule has 2 aromatic rings. The predicted octanol–water partition coefficient (Wildman–Crippen LogP) is 5.09. The first-order valence-electron chi connectivity index (χ1n) is 12.1. The highest BCUT2D eigenvalue weighted by molar-refractivity contribution is 5.84. The summed E-state index contributed by atoms with van der Waals surface area (Å²) >= 11 is 0. The van der Waals surface area contributed by atoms with Gasteiger partial charge in [0.05, 0.1) is 11.0 Å². The van der Waals surface area contributed by atoms with Crippen LogP contribution in [0, 0.1) is 5.41 Å². The largest absolute Gasteiger partial charge is 0.481 e. The van der Waals surface area contributed by atoms with Crippen molar-refractivity contribution in [3.05, 3.63) is 59.7 Å². The molecular formula is C28H36N2O5. The normalized spacial score (nSPS) is 14.0. The van der Waals surface area contributed by atoms with Crippen molar-refractivity contribution in [2.75, 3.05) is 6.61 Å². The van der Waals surface area contributed by atoms with E-state index < -0.39 is 23.0 Å². The van der Waals surface area contributed by atoms with Gasteiger partial charge in [-0.25, -0.2) is 4.79 Å². The number of amides is 2. The second-order valence-electron chi connectivity index (χ2n) is 10.4. The molecule has 0 bridgehead atoms. The molecule has 2 amide bonds. The number of hydrogen-bond donors (Lipinski definition) is 3. The number of nitrogens with one attached hydrogen (secondary N) is 2. The molecule has 0 aliphatic heterocycles. The van der Waals surface area contributed by atoms with Crippen LogP contribution in [-0.4, -0.2) is 41.3 Å². The van der Waals surface area contributed by atoms with E-state index in [1.807, 2.05) is 31.2 Å². The molecule has 0 fully saturated rings. The van der Waals surface area contributed by atoms with E-state index in [-0.39, 0.29) is 30.9 Å². The number of hydrogen-bond acceptors (Lipinski definition) is 4. The third-order valence-corrected chi connectivity index (χ3v) is 7.29. The lowest BCUT2D eigenvalue weighted by Crippen LogP contribution is -2.60. The molecule has 1 aliphatic carbocycles. The molecule has 0 saturated carbocycles. The Balaban J connectivity index is 1.60. The summed E-state index contributed by atoms with van der Waals surface area (Å²) in [5.41, 5.74) is 2.75. The summed E-state index contributed by atoms with van der Waals surface area (Å²) < 4.78 is 5.67. The van der Waals surface area contributed by atoms with Crippen LogP contribution < -0.4 is 10.6 Å². The number of carbonyl (C=O) groups excluding carboxylic acids is 2. The molecular weight excluding hydrogens is 444 g/mol. The fourth-order valence-electron chi connectivity index (χ4n) is 4.37. The first-order chi connectivity index (χ1) is 16.4. The van der Waals surface area contributed by atoms with Crippen molar-refractivity contribution >= 4 is 18.0 Å². The molecule has 0 saturated heterocycles. The second-order valence-corrected chi connectivity index (χ2v) is 10.4. The van der Waals surface area contributed by atoms with E-state index >= 15 is 0 Å². The Labute approximate surface area is 207 Å². The van der Waals surface area contributed by atoms with Gasteiger partial charge in [0.1, 0.15) is 6.61 Å². The molecule has 35 heavy (non-hydrogen) atoms. The van der Waals surface area contributed by atoms with E-state index in [2.05, 4.69) is 34.9 Å². The number of benzene rings is 2. The molecule has 0 radical (unpaired) electrons. The number of alkyl carbamates (subject to hydrolysis) is 1. The molecule has 1 aliphatic rings. The SMILES string of the molecule is CC(CCCC(=O)O)NC(=O)C(C)(C)C(C)(C)NC(=O)OCC1c2ccccc2-c2ccccc21. The van der Waals surface area contributed by atoms with Gasteiger partial charge in [0.25, 0.3) is 0 Å². The minimum atomic E-state index is -0.945. The van der Waals surface area contributed by atoms with Gasteiger partial charge < -0.3 is 20.5 Å². The summed E-state index contributed by atoms with van der Waals surface area (Å²) in [6.07, 6.45) is 0.540. The predicted molar refractivity (Wildman–Crippen MR) is 135 cm³/mol. The molecule has 1 unspecified atom stereocenters. The topological polar surface area (TPSA) is 105 Å². The van der Waals surface area contributed by atoms with Gasteiger partial charge in [-0.2, -0.15) is 0 Å². The maximum absolute atomic E-state index is 13.0. The maximum Gasteiger partial charge on any atom is 0.407 e. The average Bonchev–Trinajstić information content (AvgIpc) is 3.10. The zero-order chi connectivity index (χ0) is 25.8. The second kappa shape index (κ2) is 10.5. The summed E-state index contributed by atoms with van der Waals surface area (Å²) in [7, 11) is 0. The maximum atomic E-state index is 13.0. The fourth-order valence-corrected chi connectivity index (χ4v) is 4.37. The Morgan fingerprint density at radius 1 is 0.971 bits per heavy atom. The monoisotopic (exact) mass is 480 g/mol. The number of carbonyl (C=O) groups is 3. The Bertz CT molecular complexity index is 1050. The van der Waals surface area contributed by atoms with Crippen molar-refractivity contribution < 1.29 is 24.2 Å². The van der Waals surface area contributed by atoms with Crippen LogP contribution in [0.3, 0.4) is 0 Å². The van der Waals surface area contributed by atoms with Crippen molar-refractivity contribution in [1.82, 2.24) is 10.6 Å². The van der Waals surface area contributed by atoms with Crippen LogP contribution in [0.1, 0.15) is 70.9 Å². The van der Waals surface area contributed by atoms with Crippen molar-refractivity contribution in [3.63, 3.8) is 0 Å². The van der Waals surface area contributed by atoms with E-state index in [1.54, 1.807) is 27.7 Å². The average molecular weight is 481 g/mol. The number of rotatable bonds is 10. The molecule has 2 aromatic carbocycles. The van der Waals surface area contributed by atoms with Gasteiger partial charge >= 0.3 is 12.1 Å². The van der Waals surface area contributed by atoms with E-state index in [0.29, 0.717) is 12.8 Å². The van der Waals surface area contributed by atoms with Crippen LogP contribution in [0.2, 0.25) is 0 Å². The van der Waals surface area contributed by atoms with Crippen LogP contribution >= 0.6 is 0 Å². The Hall–Kier alpha value is -3.35. The number of fused-ring (bicyclic) bond motifs is 3. The zero-order valence-corrected chi connectivity index (χ0v) is 21.2. The molecule has 7 nitrogen and oxygen atoms in total. The van der Waals surface area contributed by atoms with Crippen LogP contribution in [0.25, 0.3) is 11.1 Å². The smallest absolute Gasteiger partial charge is 0.407 e. The summed E-state index contributed by atoms with van der Waals surface area (Å²) in [6, 6.07) is 16.1. The molecule has 3 rings (SSSR count). The molecule has 0 aromatic heterocycles. The summed E-state index contributed by atoms with van der Waals surface area (Å²) in [4.78, 5) is 36.6. The summed E-state index contributed by atoms with van der Waals surface area (Å²) in [5.74, 6) is -1.11. The van der Waals surface area contributed by atoms with Gasteiger partial charge in [-0.1, -0.05) is 48.5 Å². The lowest BCUT2D eigenvalue weighted by Gasteiger charge is -2.41. The fraction of sp³-hybridized carbons (Fsp3) is 0.464. The van der Waals surface area contributed by atoms with Gasteiger partial charge in [-0.15, -0.1) is 0 Å². The molecule has 1 atom stereocenters. The highest BCUT2D eigenvalue weighted by Crippen LogP contribution is 2.44. The van der Waals surface area contributed by atoms with Crippen LogP contribution in [0.15, 0.2) is 48.5 Å². The number of carboxylic acids is 1. The first-order valence-corrected chi connectivity index (χ1v) is 12.1. The van der Waals surface area contributed by atoms with E-state index in [4.69, 9.17) is 9.84 Å². The number of carboxylic acid groups (broad SMARTS) is 1. The molecule has 3 N–H and O–H groups in total. The van der Waals surface area contributed by atoms with Gasteiger partial charge in [0.15, 0.2) is 0 Å². The van der Waals surface area contributed by atoms with Gasteiger partial charge in [0.2, 0.25) is 5.91 Å². The van der Waals surface area contributed by atoms with Crippen molar-refractivity contribution in [2.45, 2.75) is 71.4 Å². The third-order valence-electron chi connectivity index (χ3n) is 7.29.